The first-order valence-electron chi connectivity index (χ1n) is 12.8. The van der Waals surface area contributed by atoms with Crippen molar-refractivity contribution >= 4 is 28.1 Å². The van der Waals surface area contributed by atoms with E-state index >= 15 is 0 Å². The molecule has 1 amide bonds. The van der Waals surface area contributed by atoms with Gasteiger partial charge in [0.25, 0.3) is 0 Å². The Bertz CT molecular complexity index is 1090. The molecule has 2 aliphatic rings. The number of rotatable bonds is 9. The summed E-state index contributed by atoms with van der Waals surface area (Å²) in [6.45, 7) is 7.51. The quantitative estimate of drug-likeness (QED) is 0.445. The summed E-state index contributed by atoms with van der Waals surface area (Å²) in [5.74, 6) is 1.06. The summed E-state index contributed by atoms with van der Waals surface area (Å²) in [4.78, 5) is 20.0. The molecule has 0 bridgehead atoms. The fourth-order valence-corrected chi connectivity index (χ4v) is 5.80. The highest BCUT2D eigenvalue weighted by molar-refractivity contribution is 7.17. The number of aromatic nitrogens is 3. The average molecular weight is 510 g/mol. The fourth-order valence-electron chi connectivity index (χ4n) is 4.95. The lowest BCUT2D eigenvalue weighted by Gasteiger charge is -2.36. The van der Waals surface area contributed by atoms with Gasteiger partial charge < -0.3 is 19.9 Å². The minimum Gasteiger partial charge on any atom is -0.497 e. The summed E-state index contributed by atoms with van der Waals surface area (Å²) in [5.41, 5.74) is 1.25. The number of carbonyl (C=O) groups excluding carboxylic acids is 1. The highest BCUT2D eigenvalue weighted by Gasteiger charge is 2.27. The molecule has 1 aromatic carbocycles. The molecule has 9 nitrogen and oxygen atoms in total. The van der Waals surface area contributed by atoms with Crippen molar-refractivity contribution in [2.75, 3.05) is 69.3 Å². The predicted molar refractivity (Wildman–Crippen MR) is 143 cm³/mol. The highest BCUT2D eigenvalue weighted by Crippen LogP contribution is 2.28. The van der Waals surface area contributed by atoms with E-state index in [0.717, 1.165) is 81.1 Å². The number of nitrogens with zero attached hydrogens (tertiary/aromatic N) is 6. The molecule has 2 fully saturated rings. The lowest BCUT2D eigenvalue weighted by molar-refractivity contribution is -0.125. The molecule has 0 saturated carbocycles. The summed E-state index contributed by atoms with van der Waals surface area (Å²) in [6.07, 6.45) is 6.84. The monoisotopic (exact) mass is 509 g/mol. The van der Waals surface area contributed by atoms with Crippen LogP contribution in [0.15, 0.2) is 48.8 Å². The number of piperazine rings is 1. The third-order valence-corrected chi connectivity index (χ3v) is 8.05. The van der Waals surface area contributed by atoms with Gasteiger partial charge in [0, 0.05) is 63.9 Å². The first-order chi connectivity index (χ1) is 17.7. The van der Waals surface area contributed by atoms with Crippen LogP contribution in [-0.2, 0) is 4.79 Å². The first kappa shape index (κ1) is 24.6. The number of anilines is 2. The maximum atomic E-state index is 12.9. The van der Waals surface area contributed by atoms with Gasteiger partial charge >= 0.3 is 0 Å². The summed E-state index contributed by atoms with van der Waals surface area (Å²) in [6, 6.07) is 12.2. The Morgan fingerprint density at radius 3 is 2.53 bits per heavy atom. The van der Waals surface area contributed by atoms with Gasteiger partial charge in [-0.15, -0.1) is 10.2 Å². The molecule has 36 heavy (non-hydrogen) atoms. The minimum absolute atomic E-state index is 0.00530. The molecule has 2 aliphatic heterocycles. The van der Waals surface area contributed by atoms with Crippen LogP contribution in [0.3, 0.4) is 0 Å². The maximum absolute atomic E-state index is 12.9. The highest BCUT2D eigenvalue weighted by atomic mass is 32.1. The van der Waals surface area contributed by atoms with Gasteiger partial charge in [0.1, 0.15) is 5.75 Å². The van der Waals surface area contributed by atoms with Gasteiger partial charge in [-0.1, -0.05) is 11.3 Å². The summed E-state index contributed by atoms with van der Waals surface area (Å²) < 4.78 is 7.22. The van der Waals surface area contributed by atoms with Crippen LogP contribution in [0.4, 0.5) is 10.8 Å². The predicted octanol–water partition coefficient (Wildman–Crippen LogP) is 2.88. The van der Waals surface area contributed by atoms with Crippen LogP contribution in [-0.4, -0.2) is 85.0 Å². The molecule has 3 aromatic rings. The standard InChI is InChI=1S/C26H35N7O2S/c1-35-23-9-7-22(8-10-23)31-18-16-30(17-19-31)12-5-11-27-24(34)21-6-4-15-33(20-21)26-29-28-25(36-26)32-13-2-3-14-32/h2-3,7-10,13-14,21H,4-6,11-12,15-20H2,1H3,(H,27,34)/t21-/m1/s1. The Kier molecular flexibility index (Phi) is 8.02. The fraction of sp³-hybridized carbons (Fsp3) is 0.500. The van der Waals surface area contributed by atoms with E-state index in [1.54, 1.807) is 18.4 Å². The van der Waals surface area contributed by atoms with Crippen molar-refractivity contribution in [3.63, 3.8) is 0 Å². The molecule has 2 saturated heterocycles. The van der Waals surface area contributed by atoms with Crippen LogP contribution >= 0.6 is 11.3 Å². The zero-order valence-electron chi connectivity index (χ0n) is 20.9. The number of piperidine rings is 1. The first-order valence-corrected chi connectivity index (χ1v) is 13.6. The number of benzene rings is 1. The van der Waals surface area contributed by atoms with Crippen molar-refractivity contribution in [2.24, 2.45) is 5.92 Å². The third-order valence-electron chi connectivity index (χ3n) is 7.05. The van der Waals surface area contributed by atoms with Gasteiger partial charge in [0.2, 0.25) is 16.2 Å². The molecule has 1 N–H and O–H groups in total. The number of ether oxygens (including phenoxy) is 1. The van der Waals surface area contributed by atoms with Crippen molar-refractivity contribution < 1.29 is 9.53 Å². The molecule has 0 spiro atoms. The van der Waals surface area contributed by atoms with Gasteiger partial charge in [-0.2, -0.15) is 0 Å². The zero-order valence-corrected chi connectivity index (χ0v) is 21.7. The Labute approximate surface area is 216 Å². The second-order valence-corrected chi connectivity index (χ2v) is 10.3. The van der Waals surface area contributed by atoms with E-state index in [1.807, 2.05) is 41.2 Å². The van der Waals surface area contributed by atoms with E-state index in [-0.39, 0.29) is 11.8 Å². The van der Waals surface area contributed by atoms with E-state index in [1.165, 1.54) is 5.69 Å². The molecule has 10 heteroatoms. The Balaban J connectivity index is 1.01. The van der Waals surface area contributed by atoms with Crippen LogP contribution in [0.25, 0.3) is 5.13 Å². The largest absolute Gasteiger partial charge is 0.497 e. The van der Waals surface area contributed by atoms with E-state index in [4.69, 9.17) is 4.74 Å². The SMILES string of the molecule is COc1ccc(N2CCN(CCCNC(=O)[C@@H]3CCCN(c4nnc(-n5cccc5)s4)C3)CC2)cc1. The van der Waals surface area contributed by atoms with Crippen LogP contribution in [0.5, 0.6) is 5.75 Å². The summed E-state index contributed by atoms with van der Waals surface area (Å²) in [7, 11) is 1.70. The van der Waals surface area contributed by atoms with Crippen LogP contribution in [0, 0.1) is 5.92 Å². The summed E-state index contributed by atoms with van der Waals surface area (Å²) >= 11 is 1.57. The molecule has 4 heterocycles. The molecule has 5 rings (SSSR count). The van der Waals surface area contributed by atoms with Crippen molar-refractivity contribution in [1.29, 1.82) is 0 Å². The number of methoxy groups -OCH3 is 1. The van der Waals surface area contributed by atoms with Crippen molar-refractivity contribution in [2.45, 2.75) is 19.3 Å². The molecule has 0 radical (unpaired) electrons. The Morgan fingerprint density at radius 2 is 1.78 bits per heavy atom. The van der Waals surface area contributed by atoms with Gasteiger partial charge in [0.05, 0.1) is 13.0 Å². The molecule has 0 aliphatic carbocycles. The normalized spacial score (nSPS) is 18.9. The topological polar surface area (TPSA) is 78.8 Å². The lowest BCUT2D eigenvalue weighted by Crippen LogP contribution is -2.47. The number of hydrogen-bond acceptors (Lipinski definition) is 8. The van der Waals surface area contributed by atoms with Gasteiger partial charge in [-0.3, -0.25) is 14.3 Å². The molecule has 0 unspecified atom stereocenters. The van der Waals surface area contributed by atoms with Gasteiger partial charge in [-0.25, -0.2) is 0 Å². The molecule has 1 atom stereocenters. The van der Waals surface area contributed by atoms with Crippen LogP contribution in [0.2, 0.25) is 0 Å². The molecule has 2 aromatic heterocycles. The Hall–Kier alpha value is -3.11. The number of nitrogens with one attached hydrogen (secondary N) is 1. The van der Waals surface area contributed by atoms with Crippen LogP contribution < -0.4 is 19.9 Å². The van der Waals surface area contributed by atoms with E-state index in [0.29, 0.717) is 6.54 Å². The van der Waals surface area contributed by atoms with E-state index in [9.17, 15) is 4.79 Å². The van der Waals surface area contributed by atoms with Crippen molar-refractivity contribution in [1.82, 2.24) is 25.0 Å². The van der Waals surface area contributed by atoms with Gasteiger partial charge in [-0.05, 0) is 62.2 Å². The second kappa shape index (κ2) is 11.7. The molecular formula is C26H35N7O2S. The number of hydrogen-bond donors (Lipinski definition) is 1. The second-order valence-electron chi connectivity index (χ2n) is 9.41. The molecule has 192 valence electrons. The maximum Gasteiger partial charge on any atom is 0.224 e. The van der Waals surface area contributed by atoms with E-state index < -0.39 is 0 Å². The lowest BCUT2D eigenvalue weighted by atomic mass is 9.97. The minimum atomic E-state index is 0.00530. The van der Waals surface area contributed by atoms with Crippen LogP contribution in [0.1, 0.15) is 19.3 Å². The smallest absolute Gasteiger partial charge is 0.224 e. The van der Waals surface area contributed by atoms with Crippen molar-refractivity contribution in [3.8, 4) is 10.9 Å². The van der Waals surface area contributed by atoms with E-state index in [2.05, 4.69) is 42.3 Å². The third kappa shape index (κ3) is 5.99. The number of carbonyl (C=O) groups is 1. The average Bonchev–Trinajstić information content (AvgIpc) is 3.64. The Morgan fingerprint density at radius 1 is 1.03 bits per heavy atom. The molecular weight excluding hydrogens is 474 g/mol. The van der Waals surface area contributed by atoms with Crippen molar-refractivity contribution in [3.05, 3.63) is 48.8 Å². The van der Waals surface area contributed by atoms with Gasteiger partial charge in [0.15, 0.2) is 0 Å². The summed E-state index contributed by atoms with van der Waals surface area (Å²) in [5, 5.41) is 13.6. The zero-order chi connectivity index (χ0) is 24.7. The number of amides is 1.